The van der Waals surface area contributed by atoms with Gasteiger partial charge in [0, 0.05) is 31.1 Å². The number of pyridine rings is 1. The fourth-order valence-corrected chi connectivity index (χ4v) is 3.09. The molecule has 1 aromatic rings. The Labute approximate surface area is 157 Å². The van der Waals surface area contributed by atoms with Crippen LogP contribution in [0.4, 0.5) is 0 Å². The van der Waals surface area contributed by atoms with Crippen molar-refractivity contribution < 1.29 is 14.3 Å². The van der Waals surface area contributed by atoms with Gasteiger partial charge >= 0.3 is 0 Å². The molecule has 1 N–H and O–H groups in total. The van der Waals surface area contributed by atoms with E-state index in [0.29, 0.717) is 11.4 Å². The van der Waals surface area contributed by atoms with Crippen LogP contribution in [0.1, 0.15) is 56.8 Å². The maximum atomic E-state index is 12.3. The zero-order chi connectivity index (χ0) is 18.8. The highest BCUT2D eigenvalue weighted by atomic mass is 16.5. The number of nitrogens with one attached hydrogen (secondary N) is 1. The molecule has 1 unspecified atom stereocenters. The van der Waals surface area contributed by atoms with E-state index in [1.165, 1.54) is 0 Å². The summed E-state index contributed by atoms with van der Waals surface area (Å²) < 4.78 is 11.2. The Morgan fingerprint density at radius 2 is 2.08 bits per heavy atom. The molecule has 6 nitrogen and oxygen atoms in total. The van der Waals surface area contributed by atoms with Gasteiger partial charge in [0.25, 0.3) is 5.91 Å². The van der Waals surface area contributed by atoms with Crippen molar-refractivity contribution in [2.75, 3.05) is 32.8 Å². The molecule has 26 heavy (non-hydrogen) atoms. The number of carbonyl (C=O) groups is 1. The van der Waals surface area contributed by atoms with Crippen LogP contribution in [0, 0.1) is 0 Å². The second-order valence-corrected chi connectivity index (χ2v) is 6.86. The van der Waals surface area contributed by atoms with Gasteiger partial charge in [-0.1, -0.05) is 13.8 Å². The average Bonchev–Trinajstić information content (AvgIpc) is 2.66. The minimum Gasteiger partial charge on any atom is -0.474 e. The van der Waals surface area contributed by atoms with Crippen LogP contribution in [0.2, 0.25) is 0 Å². The van der Waals surface area contributed by atoms with Gasteiger partial charge in [-0.15, -0.1) is 0 Å². The molecule has 1 aliphatic heterocycles. The van der Waals surface area contributed by atoms with Crippen LogP contribution in [-0.2, 0) is 4.74 Å². The van der Waals surface area contributed by atoms with Crippen molar-refractivity contribution in [3.63, 3.8) is 0 Å². The third-order valence-electron chi connectivity index (χ3n) is 4.84. The summed E-state index contributed by atoms with van der Waals surface area (Å²) in [6.45, 7) is 11.1. The van der Waals surface area contributed by atoms with Crippen LogP contribution in [0.25, 0.3) is 0 Å². The molecule has 0 spiro atoms. The van der Waals surface area contributed by atoms with Gasteiger partial charge in [0.1, 0.15) is 6.10 Å². The first kappa shape index (κ1) is 20.6. The minimum atomic E-state index is -0.0783. The number of amides is 1. The van der Waals surface area contributed by atoms with Gasteiger partial charge in [-0.05, 0) is 45.5 Å². The molecule has 0 saturated carbocycles. The lowest BCUT2D eigenvalue weighted by Crippen LogP contribution is -2.33. The van der Waals surface area contributed by atoms with Gasteiger partial charge < -0.3 is 19.7 Å². The predicted molar refractivity (Wildman–Crippen MR) is 103 cm³/mol. The molecular formula is C20H33N3O3. The molecule has 2 rings (SSSR count). The third kappa shape index (κ3) is 6.92. The first-order valence-corrected chi connectivity index (χ1v) is 9.86. The van der Waals surface area contributed by atoms with E-state index in [4.69, 9.17) is 9.47 Å². The zero-order valence-electron chi connectivity index (χ0n) is 16.4. The van der Waals surface area contributed by atoms with Gasteiger partial charge in [0.15, 0.2) is 0 Å². The molecular weight excluding hydrogens is 330 g/mol. The van der Waals surface area contributed by atoms with Gasteiger partial charge in [-0.2, -0.15) is 0 Å². The highest BCUT2D eigenvalue weighted by Crippen LogP contribution is 2.16. The summed E-state index contributed by atoms with van der Waals surface area (Å²) >= 11 is 0. The molecule has 0 aliphatic carbocycles. The molecule has 1 fully saturated rings. The van der Waals surface area contributed by atoms with Crippen molar-refractivity contribution >= 4 is 5.91 Å². The van der Waals surface area contributed by atoms with E-state index in [9.17, 15) is 4.79 Å². The molecule has 1 aliphatic rings. The fraction of sp³-hybridized carbons (Fsp3) is 0.700. The Hall–Kier alpha value is -1.66. The molecule has 1 amide bonds. The van der Waals surface area contributed by atoms with Crippen molar-refractivity contribution in [2.24, 2.45) is 0 Å². The molecule has 146 valence electrons. The van der Waals surface area contributed by atoms with Crippen LogP contribution in [0.3, 0.4) is 0 Å². The summed E-state index contributed by atoms with van der Waals surface area (Å²) in [5, 5.41) is 3.05. The van der Waals surface area contributed by atoms with E-state index in [-0.39, 0.29) is 18.1 Å². The van der Waals surface area contributed by atoms with Crippen LogP contribution >= 0.6 is 0 Å². The van der Waals surface area contributed by atoms with Gasteiger partial charge in [-0.25, -0.2) is 4.98 Å². The summed E-state index contributed by atoms with van der Waals surface area (Å²) in [5.41, 5.74) is 0.569. The first-order chi connectivity index (χ1) is 12.6. The van der Waals surface area contributed by atoms with Gasteiger partial charge in [0.05, 0.1) is 18.8 Å². The number of nitrogens with zero attached hydrogens (tertiary/aromatic N) is 2. The van der Waals surface area contributed by atoms with Crippen LogP contribution < -0.4 is 10.1 Å². The number of ether oxygens (including phenoxy) is 2. The largest absolute Gasteiger partial charge is 0.474 e. The summed E-state index contributed by atoms with van der Waals surface area (Å²) in [6.07, 6.45) is 5.57. The Morgan fingerprint density at radius 3 is 2.69 bits per heavy atom. The lowest BCUT2D eigenvalue weighted by Gasteiger charge is -2.22. The molecule has 1 aromatic heterocycles. The molecule has 2 heterocycles. The Bertz CT molecular complexity index is 526. The smallest absolute Gasteiger partial charge is 0.253 e. The Morgan fingerprint density at radius 1 is 1.35 bits per heavy atom. The average molecular weight is 364 g/mol. The standard InChI is InChI=1S/C20H33N3O3/c1-4-23(5-2)12-6-7-16(3)22-20(24)17-8-9-19(21-15-17)26-18-10-13-25-14-11-18/h8-9,15-16,18H,4-7,10-14H2,1-3H3,(H,22,24). The van der Waals surface area contributed by atoms with E-state index in [0.717, 1.165) is 58.5 Å². The minimum absolute atomic E-state index is 0.0783. The summed E-state index contributed by atoms with van der Waals surface area (Å²) in [5.74, 6) is 0.492. The number of carbonyl (C=O) groups excluding carboxylic acids is 1. The lowest BCUT2D eigenvalue weighted by molar-refractivity contribution is 0.0237. The maximum Gasteiger partial charge on any atom is 0.253 e. The van der Waals surface area contributed by atoms with Crippen molar-refractivity contribution in [2.45, 2.75) is 58.6 Å². The van der Waals surface area contributed by atoms with Gasteiger partial charge in [-0.3, -0.25) is 4.79 Å². The SMILES string of the molecule is CCN(CC)CCCC(C)NC(=O)c1ccc(OC2CCOCC2)nc1. The first-order valence-electron chi connectivity index (χ1n) is 9.86. The van der Waals surface area contributed by atoms with E-state index in [2.05, 4.69) is 36.0 Å². The second kappa shape index (κ2) is 11.1. The zero-order valence-corrected chi connectivity index (χ0v) is 16.4. The van der Waals surface area contributed by atoms with Crippen LogP contribution in [0.15, 0.2) is 18.3 Å². The topological polar surface area (TPSA) is 63.7 Å². The highest BCUT2D eigenvalue weighted by Gasteiger charge is 2.16. The third-order valence-corrected chi connectivity index (χ3v) is 4.84. The fourth-order valence-electron chi connectivity index (χ4n) is 3.09. The highest BCUT2D eigenvalue weighted by molar-refractivity contribution is 5.94. The molecule has 1 saturated heterocycles. The van der Waals surface area contributed by atoms with Crippen LogP contribution in [0.5, 0.6) is 5.88 Å². The predicted octanol–water partition coefficient (Wildman–Crippen LogP) is 2.88. The van der Waals surface area contributed by atoms with E-state index in [1.807, 2.05) is 0 Å². The molecule has 0 radical (unpaired) electrons. The van der Waals surface area contributed by atoms with Crippen LogP contribution in [-0.4, -0.2) is 60.8 Å². The van der Waals surface area contributed by atoms with Gasteiger partial charge in [0.2, 0.25) is 5.88 Å². The molecule has 0 bridgehead atoms. The quantitative estimate of drug-likeness (QED) is 0.692. The summed E-state index contributed by atoms with van der Waals surface area (Å²) in [4.78, 5) is 19.0. The number of aromatic nitrogens is 1. The maximum absolute atomic E-state index is 12.3. The number of hydrogen-bond acceptors (Lipinski definition) is 5. The molecule has 6 heteroatoms. The molecule has 1 atom stereocenters. The van der Waals surface area contributed by atoms with Crippen molar-refractivity contribution in [3.05, 3.63) is 23.9 Å². The van der Waals surface area contributed by atoms with E-state index in [1.54, 1.807) is 18.3 Å². The Balaban J connectivity index is 1.74. The monoisotopic (exact) mass is 363 g/mol. The van der Waals surface area contributed by atoms with Crippen molar-refractivity contribution in [1.82, 2.24) is 15.2 Å². The summed E-state index contributed by atoms with van der Waals surface area (Å²) in [7, 11) is 0. The number of rotatable bonds is 10. The lowest BCUT2D eigenvalue weighted by atomic mass is 10.1. The number of hydrogen-bond donors (Lipinski definition) is 1. The molecule has 0 aromatic carbocycles. The second-order valence-electron chi connectivity index (χ2n) is 6.86. The Kier molecular flexibility index (Phi) is 8.85. The van der Waals surface area contributed by atoms with E-state index >= 15 is 0 Å². The van der Waals surface area contributed by atoms with E-state index < -0.39 is 0 Å². The van der Waals surface area contributed by atoms with Crippen molar-refractivity contribution in [1.29, 1.82) is 0 Å². The normalized spacial score (nSPS) is 16.5. The summed E-state index contributed by atoms with van der Waals surface area (Å²) in [6, 6.07) is 3.70. The van der Waals surface area contributed by atoms with Crippen molar-refractivity contribution in [3.8, 4) is 5.88 Å².